The van der Waals surface area contributed by atoms with Crippen LogP contribution in [0.15, 0.2) is 53.3 Å². The van der Waals surface area contributed by atoms with Crippen LogP contribution in [0, 0.1) is 0 Å². The van der Waals surface area contributed by atoms with Gasteiger partial charge in [0.1, 0.15) is 11.6 Å². The van der Waals surface area contributed by atoms with Crippen molar-refractivity contribution < 1.29 is 4.74 Å². The van der Waals surface area contributed by atoms with Crippen LogP contribution in [0.2, 0.25) is 0 Å². The van der Waals surface area contributed by atoms with Crippen molar-refractivity contribution in [3.63, 3.8) is 0 Å². The van der Waals surface area contributed by atoms with E-state index in [4.69, 9.17) is 4.74 Å². The molecule has 2 heterocycles. The average Bonchev–Trinajstić information content (AvgIpc) is 2.81. The number of halogens is 1. The molecule has 0 saturated carbocycles. The number of rotatable bonds is 3. The van der Waals surface area contributed by atoms with Gasteiger partial charge in [-0.3, -0.25) is 0 Å². The molecule has 0 bridgehead atoms. The minimum atomic E-state index is 0.780. The average molecular weight is 317 g/mol. The van der Waals surface area contributed by atoms with Crippen LogP contribution >= 0.6 is 15.9 Å². The number of pyridine rings is 1. The summed E-state index contributed by atoms with van der Waals surface area (Å²) in [5, 5.41) is 0. The van der Waals surface area contributed by atoms with Crippen molar-refractivity contribution in [3.05, 3.63) is 64.7 Å². The van der Waals surface area contributed by atoms with Gasteiger partial charge in [0.2, 0.25) is 0 Å². The summed E-state index contributed by atoms with van der Waals surface area (Å²) in [7, 11) is 1.68. The highest BCUT2D eigenvalue weighted by atomic mass is 79.9. The van der Waals surface area contributed by atoms with Gasteiger partial charge in [-0.2, -0.15) is 0 Å². The maximum absolute atomic E-state index is 5.25. The molecule has 0 atom stereocenters. The van der Waals surface area contributed by atoms with Crippen LogP contribution in [0.4, 0.5) is 0 Å². The van der Waals surface area contributed by atoms with Crippen LogP contribution in [-0.4, -0.2) is 16.5 Å². The minimum absolute atomic E-state index is 0.780. The summed E-state index contributed by atoms with van der Waals surface area (Å²) >= 11 is 3.49. The first-order valence-electron chi connectivity index (χ1n) is 6.01. The molecule has 0 aliphatic carbocycles. The number of ether oxygens (including phenoxy) is 1. The molecular formula is C15H13BrN2O. The van der Waals surface area contributed by atoms with Crippen LogP contribution in [0.25, 0.3) is 5.52 Å². The SMILES string of the molecule is COc1cccc(Cc2ncc3ccc(Br)cn23)c1. The monoisotopic (exact) mass is 316 g/mol. The smallest absolute Gasteiger partial charge is 0.119 e. The lowest BCUT2D eigenvalue weighted by Crippen LogP contribution is -1.96. The minimum Gasteiger partial charge on any atom is -0.497 e. The van der Waals surface area contributed by atoms with Crippen molar-refractivity contribution in [2.75, 3.05) is 7.11 Å². The lowest BCUT2D eigenvalue weighted by molar-refractivity contribution is 0.414. The van der Waals surface area contributed by atoms with Gasteiger partial charge in [0.15, 0.2) is 0 Å². The van der Waals surface area contributed by atoms with Crippen LogP contribution < -0.4 is 4.74 Å². The fourth-order valence-corrected chi connectivity index (χ4v) is 2.45. The molecule has 4 heteroatoms. The second kappa shape index (κ2) is 5.05. The Hall–Kier alpha value is -1.81. The van der Waals surface area contributed by atoms with Crippen molar-refractivity contribution >= 4 is 21.4 Å². The van der Waals surface area contributed by atoms with Gasteiger partial charge in [-0.15, -0.1) is 0 Å². The summed E-state index contributed by atoms with van der Waals surface area (Å²) in [5.74, 6) is 1.89. The molecule has 0 aliphatic rings. The zero-order valence-corrected chi connectivity index (χ0v) is 12.1. The van der Waals surface area contributed by atoms with Crippen LogP contribution in [-0.2, 0) is 6.42 Å². The highest BCUT2D eigenvalue weighted by Gasteiger charge is 2.05. The Morgan fingerprint density at radius 1 is 1.26 bits per heavy atom. The standard InChI is InChI=1S/C15H13BrN2O/c1-19-14-4-2-3-11(7-14)8-15-17-9-13-6-5-12(16)10-18(13)15/h2-7,9-10H,8H2,1H3. The fraction of sp³-hybridized carbons (Fsp3) is 0.133. The molecule has 3 rings (SSSR count). The molecule has 0 fully saturated rings. The number of fused-ring (bicyclic) bond motifs is 1. The summed E-state index contributed by atoms with van der Waals surface area (Å²) in [6, 6.07) is 12.1. The van der Waals surface area contributed by atoms with Crippen molar-refractivity contribution in [1.29, 1.82) is 0 Å². The lowest BCUT2D eigenvalue weighted by atomic mass is 10.1. The van der Waals surface area contributed by atoms with E-state index in [0.717, 1.165) is 28.0 Å². The summed E-state index contributed by atoms with van der Waals surface area (Å²) in [4.78, 5) is 4.49. The van der Waals surface area contributed by atoms with E-state index in [0.29, 0.717) is 0 Å². The van der Waals surface area contributed by atoms with Crippen LogP contribution in [0.1, 0.15) is 11.4 Å². The molecule has 3 aromatic rings. The molecule has 0 amide bonds. The molecular weight excluding hydrogens is 304 g/mol. The van der Waals surface area contributed by atoms with E-state index in [1.807, 2.05) is 42.7 Å². The maximum Gasteiger partial charge on any atom is 0.119 e. The summed E-state index contributed by atoms with van der Waals surface area (Å²) in [6.07, 6.45) is 4.71. The number of aromatic nitrogens is 2. The van der Waals surface area contributed by atoms with Gasteiger partial charge in [0.25, 0.3) is 0 Å². The predicted octanol–water partition coefficient (Wildman–Crippen LogP) is 3.70. The molecule has 0 aliphatic heterocycles. The largest absolute Gasteiger partial charge is 0.497 e. The Labute approximate surface area is 120 Å². The number of imidazole rings is 1. The Morgan fingerprint density at radius 2 is 2.16 bits per heavy atom. The molecule has 0 saturated heterocycles. The van der Waals surface area contributed by atoms with Crippen LogP contribution in [0.5, 0.6) is 5.75 Å². The lowest BCUT2D eigenvalue weighted by Gasteiger charge is -2.05. The molecule has 1 aromatic carbocycles. The third kappa shape index (κ3) is 2.49. The first kappa shape index (κ1) is 12.2. The van der Waals surface area contributed by atoms with E-state index in [2.05, 4.69) is 31.4 Å². The Bertz CT molecular complexity index is 721. The van der Waals surface area contributed by atoms with Crippen molar-refractivity contribution in [2.24, 2.45) is 0 Å². The Morgan fingerprint density at radius 3 is 3.00 bits per heavy atom. The number of hydrogen-bond acceptors (Lipinski definition) is 2. The molecule has 0 N–H and O–H groups in total. The quantitative estimate of drug-likeness (QED) is 0.736. The van der Waals surface area contributed by atoms with Gasteiger partial charge in [0.05, 0.1) is 18.8 Å². The predicted molar refractivity (Wildman–Crippen MR) is 78.7 cm³/mol. The number of nitrogens with zero attached hydrogens (tertiary/aromatic N) is 2. The van der Waals surface area contributed by atoms with Gasteiger partial charge in [-0.25, -0.2) is 4.98 Å². The van der Waals surface area contributed by atoms with Crippen molar-refractivity contribution in [3.8, 4) is 5.75 Å². The normalized spacial score (nSPS) is 10.8. The topological polar surface area (TPSA) is 26.5 Å². The second-order valence-electron chi connectivity index (χ2n) is 4.34. The fourth-order valence-electron chi connectivity index (χ4n) is 2.11. The molecule has 0 unspecified atom stereocenters. The summed E-state index contributed by atoms with van der Waals surface area (Å²) in [6.45, 7) is 0. The van der Waals surface area contributed by atoms with Gasteiger partial charge < -0.3 is 9.14 Å². The van der Waals surface area contributed by atoms with Crippen molar-refractivity contribution in [2.45, 2.75) is 6.42 Å². The first-order valence-corrected chi connectivity index (χ1v) is 6.80. The Kier molecular flexibility index (Phi) is 3.25. The summed E-state index contributed by atoms with van der Waals surface area (Å²) in [5.41, 5.74) is 2.29. The summed E-state index contributed by atoms with van der Waals surface area (Å²) < 4.78 is 8.39. The van der Waals surface area contributed by atoms with E-state index in [1.54, 1.807) is 7.11 Å². The number of methoxy groups -OCH3 is 1. The van der Waals surface area contributed by atoms with E-state index < -0.39 is 0 Å². The van der Waals surface area contributed by atoms with Gasteiger partial charge in [-0.05, 0) is 45.8 Å². The van der Waals surface area contributed by atoms with Gasteiger partial charge in [-0.1, -0.05) is 12.1 Å². The van der Waals surface area contributed by atoms with Gasteiger partial charge in [0, 0.05) is 17.1 Å². The molecule has 2 aromatic heterocycles. The molecule has 3 nitrogen and oxygen atoms in total. The van der Waals surface area contributed by atoms with E-state index >= 15 is 0 Å². The van der Waals surface area contributed by atoms with E-state index in [1.165, 1.54) is 5.56 Å². The molecule has 19 heavy (non-hydrogen) atoms. The van der Waals surface area contributed by atoms with E-state index in [9.17, 15) is 0 Å². The van der Waals surface area contributed by atoms with E-state index in [-0.39, 0.29) is 0 Å². The second-order valence-corrected chi connectivity index (χ2v) is 5.26. The van der Waals surface area contributed by atoms with Crippen LogP contribution in [0.3, 0.4) is 0 Å². The number of hydrogen-bond donors (Lipinski definition) is 0. The highest BCUT2D eigenvalue weighted by molar-refractivity contribution is 9.10. The zero-order valence-electron chi connectivity index (χ0n) is 10.5. The molecule has 0 spiro atoms. The molecule has 0 radical (unpaired) electrons. The van der Waals surface area contributed by atoms with Gasteiger partial charge >= 0.3 is 0 Å². The zero-order chi connectivity index (χ0) is 13.2. The third-order valence-corrected chi connectivity index (χ3v) is 3.53. The Balaban J connectivity index is 1.98. The maximum atomic E-state index is 5.25. The molecule has 96 valence electrons. The number of benzene rings is 1. The van der Waals surface area contributed by atoms with Crippen molar-refractivity contribution in [1.82, 2.24) is 9.38 Å². The first-order chi connectivity index (χ1) is 9.26. The third-order valence-electron chi connectivity index (χ3n) is 3.06. The highest BCUT2D eigenvalue weighted by Crippen LogP contribution is 2.18.